The van der Waals surface area contributed by atoms with Crippen LogP contribution in [-0.2, 0) is 20.0 Å². The fourth-order valence-electron chi connectivity index (χ4n) is 4.45. The number of carbonyl (C=O) groups excluding carboxylic acids is 1. The van der Waals surface area contributed by atoms with Crippen LogP contribution < -0.4 is 5.73 Å². The van der Waals surface area contributed by atoms with Crippen molar-refractivity contribution in [2.24, 2.45) is 12.8 Å². The van der Waals surface area contributed by atoms with Crippen molar-refractivity contribution in [2.75, 3.05) is 6.54 Å². The van der Waals surface area contributed by atoms with E-state index in [9.17, 15) is 9.18 Å². The average Bonchev–Trinajstić information content (AvgIpc) is 3.51. The minimum absolute atomic E-state index is 0.0264. The Morgan fingerprint density at radius 3 is 2.78 bits per heavy atom. The Morgan fingerprint density at radius 2 is 2.03 bits per heavy atom. The highest BCUT2D eigenvalue weighted by Crippen LogP contribution is 2.35. The van der Waals surface area contributed by atoms with E-state index in [1.807, 2.05) is 41.0 Å². The summed E-state index contributed by atoms with van der Waals surface area (Å²) in [5, 5.41) is 8.63. The zero-order chi connectivity index (χ0) is 22.2. The predicted octanol–water partition coefficient (Wildman–Crippen LogP) is 4.48. The molecule has 0 spiro atoms. The van der Waals surface area contributed by atoms with Crippen LogP contribution >= 0.6 is 11.3 Å². The summed E-state index contributed by atoms with van der Waals surface area (Å²) in [5.41, 5.74) is 12.8. The maximum Gasteiger partial charge on any atom is 0.254 e. The summed E-state index contributed by atoms with van der Waals surface area (Å²) in [6, 6.07) is 14.3. The molecule has 1 aliphatic rings. The second-order valence-corrected chi connectivity index (χ2v) is 8.85. The first kappa shape index (κ1) is 20.6. The number of carbonyl (C=O) groups is 1. The maximum atomic E-state index is 13.6. The molecule has 2 N–H and O–H groups in total. The molecule has 2 aromatic heterocycles. The molecule has 4 aromatic rings. The van der Waals surface area contributed by atoms with Crippen LogP contribution in [0.5, 0.6) is 0 Å². The standard InChI is InChI=1S/C25H23FN4OS/c1-29-24(23(13-28-29)18-7-8-32-15-18)17-5-6-22-19(11-17)14-30(25(22)31)21(12-27)10-16-3-2-4-20(26)9-16/h2-9,11,13,15,21H,10,12,14,27H2,1H3/t21-/m0/s1. The van der Waals surface area contributed by atoms with E-state index >= 15 is 0 Å². The van der Waals surface area contributed by atoms with E-state index in [-0.39, 0.29) is 17.8 Å². The molecule has 0 fully saturated rings. The molecule has 0 bridgehead atoms. The minimum atomic E-state index is -0.281. The summed E-state index contributed by atoms with van der Waals surface area (Å²) in [7, 11) is 1.93. The van der Waals surface area contributed by atoms with Crippen molar-refractivity contribution < 1.29 is 9.18 Å². The highest BCUT2D eigenvalue weighted by atomic mass is 32.1. The highest BCUT2D eigenvalue weighted by Gasteiger charge is 2.32. The van der Waals surface area contributed by atoms with Crippen LogP contribution in [0.4, 0.5) is 4.39 Å². The summed E-state index contributed by atoms with van der Waals surface area (Å²) in [5.74, 6) is -0.307. The normalized spacial score (nSPS) is 14.1. The largest absolute Gasteiger partial charge is 0.330 e. The molecule has 1 aliphatic heterocycles. The number of thiophene rings is 1. The Kier molecular flexibility index (Phi) is 5.36. The van der Waals surface area contributed by atoms with Gasteiger partial charge in [-0.05, 0) is 64.2 Å². The molecule has 32 heavy (non-hydrogen) atoms. The average molecular weight is 447 g/mol. The van der Waals surface area contributed by atoms with E-state index in [0.29, 0.717) is 25.1 Å². The molecule has 1 amide bonds. The third kappa shape index (κ3) is 3.63. The summed E-state index contributed by atoms with van der Waals surface area (Å²) in [4.78, 5) is 15.0. The summed E-state index contributed by atoms with van der Waals surface area (Å²) >= 11 is 1.65. The smallest absolute Gasteiger partial charge is 0.254 e. The second-order valence-electron chi connectivity index (χ2n) is 8.07. The molecular formula is C25H23FN4OS. The number of nitrogens with two attached hydrogens (primary N) is 1. The van der Waals surface area contributed by atoms with E-state index < -0.39 is 0 Å². The Morgan fingerprint density at radius 1 is 1.16 bits per heavy atom. The molecule has 7 heteroatoms. The van der Waals surface area contributed by atoms with Gasteiger partial charge in [0.2, 0.25) is 0 Å². The van der Waals surface area contributed by atoms with E-state index in [1.165, 1.54) is 12.1 Å². The van der Waals surface area contributed by atoms with Crippen molar-refractivity contribution in [1.29, 1.82) is 0 Å². The van der Waals surface area contributed by atoms with E-state index in [4.69, 9.17) is 5.73 Å². The van der Waals surface area contributed by atoms with Crippen LogP contribution in [-0.4, -0.2) is 33.2 Å². The van der Waals surface area contributed by atoms with Crippen molar-refractivity contribution in [2.45, 2.75) is 19.0 Å². The molecular weight excluding hydrogens is 423 g/mol. The van der Waals surface area contributed by atoms with Gasteiger partial charge in [-0.1, -0.05) is 18.2 Å². The lowest BCUT2D eigenvalue weighted by molar-refractivity contribution is 0.0708. The molecule has 0 radical (unpaired) electrons. The van der Waals surface area contributed by atoms with Crippen LogP contribution in [0, 0.1) is 5.82 Å². The first-order valence-corrected chi connectivity index (χ1v) is 11.4. The summed E-state index contributed by atoms with van der Waals surface area (Å²) in [6.45, 7) is 0.804. The number of benzene rings is 2. The third-order valence-corrected chi connectivity index (χ3v) is 6.74. The molecule has 0 unspecified atom stereocenters. The molecule has 162 valence electrons. The quantitative estimate of drug-likeness (QED) is 0.475. The van der Waals surface area contributed by atoms with Crippen molar-refractivity contribution in [3.8, 4) is 22.4 Å². The number of nitrogens with zero attached hydrogens (tertiary/aromatic N) is 3. The SMILES string of the molecule is Cn1ncc(-c2ccsc2)c1-c1ccc2c(c1)CN([C@H](CN)Cc1cccc(F)c1)C2=O. The summed E-state index contributed by atoms with van der Waals surface area (Å²) in [6.07, 6.45) is 2.40. The molecule has 0 aliphatic carbocycles. The van der Waals surface area contributed by atoms with Crippen LogP contribution in [0.15, 0.2) is 65.5 Å². The zero-order valence-electron chi connectivity index (χ0n) is 17.7. The van der Waals surface area contributed by atoms with Gasteiger partial charge in [0, 0.05) is 42.9 Å². The monoisotopic (exact) mass is 446 g/mol. The van der Waals surface area contributed by atoms with Gasteiger partial charge in [0.05, 0.1) is 11.9 Å². The Hall–Kier alpha value is -3.29. The third-order valence-electron chi connectivity index (χ3n) is 6.05. The molecule has 3 heterocycles. The Balaban J connectivity index is 1.45. The molecule has 2 aromatic carbocycles. The van der Waals surface area contributed by atoms with Gasteiger partial charge >= 0.3 is 0 Å². The molecule has 0 saturated carbocycles. The number of rotatable bonds is 6. The zero-order valence-corrected chi connectivity index (χ0v) is 18.5. The lowest BCUT2D eigenvalue weighted by Crippen LogP contribution is -2.42. The number of halogens is 1. The summed E-state index contributed by atoms with van der Waals surface area (Å²) < 4.78 is 15.5. The first-order valence-electron chi connectivity index (χ1n) is 10.5. The fourth-order valence-corrected chi connectivity index (χ4v) is 5.11. The van der Waals surface area contributed by atoms with Gasteiger partial charge in [0.25, 0.3) is 5.91 Å². The second kappa shape index (κ2) is 8.33. The van der Waals surface area contributed by atoms with Gasteiger partial charge in [-0.2, -0.15) is 16.4 Å². The van der Waals surface area contributed by atoms with E-state index in [0.717, 1.165) is 33.5 Å². The van der Waals surface area contributed by atoms with Gasteiger partial charge in [-0.25, -0.2) is 4.39 Å². The van der Waals surface area contributed by atoms with Crippen LogP contribution in [0.1, 0.15) is 21.5 Å². The minimum Gasteiger partial charge on any atom is -0.330 e. The number of hydrogen-bond acceptors (Lipinski definition) is 4. The molecule has 5 nitrogen and oxygen atoms in total. The number of aromatic nitrogens is 2. The number of fused-ring (bicyclic) bond motifs is 1. The molecule has 0 saturated heterocycles. The molecule has 1 atom stereocenters. The van der Waals surface area contributed by atoms with Gasteiger partial charge in [0.1, 0.15) is 5.82 Å². The number of amides is 1. The molecule has 5 rings (SSSR count). The maximum absolute atomic E-state index is 13.6. The van der Waals surface area contributed by atoms with Crippen molar-refractivity contribution in [3.63, 3.8) is 0 Å². The van der Waals surface area contributed by atoms with E-state index in [1.54, 1.807) is 17.4 Å². The van der Waals surface area contributed by atoms with Gasteiger partial charge in [0.15, 0.2) is 0 Å². The van der Waals surface area contributed by atoms with Crippen LogP contribution in [0.2, 0.25) is 0 Å². The Labute approximate surface area is 189 Å². The topological polar surface area (TPSA) is 64.2 Å². The number of aryl methyl sites for hydroxylation is 1. The van der Waals surface area contributed by atoms with Crippen molar-refractivity contribution in [1.82, 2.24) is 14.7 Å². The predicted molar refractivity (Wildman–Crippen MR) is 125 cm³/mol. The van der Waals surface area contributed by atoms with Crippen molar-refractivity contribution >= 4 is 17.2 Å². The highest BCUT2D eigenvalue weighted by molar-refractivity contribution is 7.08. The van der Waals surface area contributed by atoms with Gasteiger partial charge in [-0.15, -0.1) is 0 Å². The fraction of sp³-hybridized carbons (Fsp3) is 0.200. The van der Waals surface area contributed by atoms with E-state index in [2.05, 4.69) is 28.0 Å². The Bertz CT molecular complexity index is 1280. The lowest BCUT2D eigenvalue weighted by Gasteiger charge is -2.26. The van der Waals surface area contributed by atoms with Crippen molar-refractivity contribution in [3.05, 3.63) is 88.0 Å². The first-order chi connectivity index (χ1) is 15.5. The lowest BCUT2D eigenvalue weighted by atomic mass is 10.00. The van der Waals surface area contributed by atoms with Crippen LogP contribution in [0.3, 0.4) is 0 Å². The van der Waals surface area contributed by atoms with Gasteiger partial charge < -0.3 is 10.6 Å². The van der Waals surface area contributed by atoms with Gasteiger partial charge in [-0.3, -0.25) is 9.48 Å². The van der Waals surface area contributed by atoms with Crippen LogP contribution in [0.25, 0.3) is 22.4 Å². The number of hydrogen-bond donors (Lipinski definition) is 1.